The van der Waals surface area contributed by atoms with Crippen LogP contribution in [-0.2, 0) is 6.42 Å². The molecule has 0 spiro atoms. The van der Waals surface area contributed by atoms with Gasteiger partial charge in [0.15, 0.2) is 0 Å². The van der Waals surface area contributed by atoms with Crippen molar-refractivity contribution in [3.05, 3.63) is 198 Å². The third kappa shape index (κ3) is 6.53. The van der Waals surface area contributed by atoms with Crippen molar-refractivity contribution in [1.82, 2.24) is 0 Å². The van der Waals surface area contributed by atoms with E-state index in [4.69, 9.17) is 9.47 Å². The molecule has 2 aromatic carbocycles. The number of hydrogen-bond acceptors (Lipinski definition) is 3. The summed E-state index contributed by atoms with van der Waals surface area (Å²) in [4.78, 5) is 2.44. The molecule has 3 aliphatic carbocycles. The minimum Gasteiger partial charge on any atom is -0.485 e. The molecule has 3 nitrogen and oxygen atoms in total. The third-order valence-corrected chi connectivity index (χ3v) is 9.40. The molecular formula is C44H41NO2. The molecule has 0 amide bonds. The highest BCUT2D eigenvalue weighted by Gasteiger charge is 2.34. The zero-order valence-corrected chi connectivity index (χ0v) is 27.0. The van der Waals surface area contributed by atoms with E-state index < -0.39 is 0 Å². The van der Waals surface area contributed by atoms with E-state index >= 15 is 0 Å². The molecule has 5 aliphatic rings. The van der Waals surface area contributed by atoms with E-state index in [2.05, 4.69) is 134 Å². The molecule has 0 N–H and O–H groups in total. The van der Waals surface area contributed by atoms with Crippen molar-refractivity contribution >= 4 is 5.69 Å². The van der Waals surface area contributed by atoms with Crippen molar-refractivity contribution in [3.8, 4) is 11.5 Å². The highest BCUT2D eigenvalue weighted by Crippen LogP contribution is 2.46. The van der Waals surface area contributed by atoms with Crippen LogP contribution >= 0.6 is 0 Å². The molecule has 47 heavy (non-hydrogen) atoms. The quantitative estimate of drug-likeness (QED) is 0.289. The van der Waals surface area contributed by atoms with Gasteiger partial charge in [0.25, 0.3) is 0 Å². The number of hydrogen-bond donors (Lipinski definition) is 0. The third-order valence-electron chi connectivity index (χ3n) is 9.40. The average molecular weight is 616 g/mol. The molecule has 0 radical (unpaired) electrons. The van der Waals surface area contributed by atoms with Crippen molar-refractivity contribution in [2.45, 2.75) is 44.6 Å². The Morgan fingerprint density at radius 3 is 2.70 bits per heavy atom. The highest BCUT2D eigenvalue weighted by atomic mass is 16.5. The van der Waals surface area contributed by atoms with Crippen LogP contribution in [0.5, 0.6) is 11.5 Å². The zero-order valence-electron chi connectivity index (χ0n) is 27.0. The van der Waals surface area contributed by atoms with E-state index in [9.17, 15) is 0 Å². The molecule has 0 fully saturated rings. The van der Waals surface area contributed by atoms with E-state index in [-0.39, 0.29) is 12.0 Å². The lowest BCUT2D eigenvalue weighted by Crippen LogP contribution is -2.23. The maximum Gasteiger partial charge on any atom is 0.130 e. The first-order chi connectivity index (χ1) is 23.1. The van der Waals surface area contributed by atoms with Crippen LogP contribution in [-0.4, -0.2) is 6.10 Å². The van der Waals surface area contributed by atoms with E-state index in [0.717, 1.165) is 48.3 Å². The topological polar surface area (TPSA) is 21.7 Å². The van der Waals surface area contributed by atoms with Crippen molar-refractivity contribution in [2.75, 3.05) is 4.90 Å². The average Bonchev–Trinajstić information content (AvgIpc) is 3.50. The highest BCUT2D eigenvalue weighted by molar-refractivity contribution is 5.67. The van der Waals surface area contributed by atoms with Gasteiger partial charge in [-0.15, -0.1) is 0 Å². The molecule has 234 valence electrons. The first-order valence-electron chi connectivity index (χ1n) is 16.6. The largest absolute Gasteiger partial charge is 0.485 e. The lowest BCUT2D eigenvalue weighted by molar-refractivity contribution is 0.268. The van der Waals surface area contributed by atoms with Gasteiger partial charge in [0.05, 0.1) is 0 Å². The Morgan fingerprint density at radius 1 is 0.957 bits per heavy atom. The minimum absolute atomic E-state index is 0.0198. The summed E-state index contributed by atoms with van der Waals surface area (Å²) in [6.45, 7) is 10.1. The predicted octanol–water partition coefficient (Wildman–Crippen LogP) is 10.8. The summed E-state index contributed by atoms with van der Waals surface area (Å²) < 4.78 is 12.5. The number of rotatable bonds is 7. The number of allylic oxidation sites excluding steroid dienone is 18. The molecule has 0 saturated heterocycles. The normalized spacial score (nSPS) is 23.1. The molecular weight excluding hydrogens is 574 g/mol. The van der Waals surface area contributed by atoms with Crippen molar-refractivity contribution in [1.29, 1.82) is 0 Å². The standard InChI is InChI=1S/C44H41NO2/c1-4-5-7-12-31(2)33-21-24-38(25-22-33)45(37-14-8-6-9-15-37)39-26-28-44-41(30-39)40-29-36(23-27-43(40)47-44)34-18-17-32(3)46-42-16-11-10-13-35(42)20-19-34/h4-8,10-14,16-19,21,23-30,33,40,43H,1,3,9,15,20,22H2,2H3/b7-5-,18-17?,31-12+,34-19?/t33?,40?,43-/m0/s1. The number of anilines is 1. The van der Waals surface area contributed by atoms with E-state index in [1.807, 2.05) is 30.4 Å². The van der Waals surface area contributed by atoms with Gasteiger partial charge < -0.3 is 14.4 Å². The lowest BCUT2D eigenvalue weighted by Gasteiger charge is -2.32. The maximum absolute atomic E-state index is 6.49. The first-order valence-corrected chi connectivity index (χ1v) is 16.6. The van der Waals surface area contributed by atoms with Gasteiger partial charge in [0.1, 0.15) is 23.4 Å². The van der Waals surface area contributed by atoms with Gasteiger partial charge in [-0.05, 0) is 97.9 Å². The Balaban J connectivity index is 1.20. The Bertz CT molecular complexity index is 1900. The summed E-state index contributed by atoms with van der Waals surface area (Å²) >= 11 is 0. The monoisotopic (exact) mass is 615 g/mol. The summed E-state index contributed by atoms with van der Waals surface area (Å²) in [5, 5.41) is 0. The zero-order chi connectivity index (χ0) is 32.2. The lowest BCUT2D eigenvalue weighted by atomic mass is 9.86. The van der Waals surface area contributed by atoms with Crippen LogP contribution in [0.3, 0.4) is 0 Å². The van der Waals surface area contributed by atoms with Gasteiger partial charge in [-0.1, -0.05) is 110 Å². The molecule has 3 atom stereocenters. The molecule has 3 heteroatoms. The number of benzene rings is 2. The molecule has 0 saturated carbocycles. The summed E-state index contributed by atoms with van der Waals surface area (Å²) in [6, 6.07) is 14.9. The van der Waals surface area contributed by atoms with Crippen molar-refractivity contribution in [2.24, 2.45) is 5.92 Å². The van der Waals surface area contributed by atoms with Gasteiger partial charge in [-0.2, -0.15) is 0 Å². The van der Waals surface area contributed by atoms with Crippen molar-refractivity contribution < 1.29 is 9.47 Å². The maximum atomic E-state index is 6.49. The van der Waals surface area contributed by atoms with Crippen LogP contribution in [0.2, 0.25) is 0 Å². The summed E-state index contributed by atoms with van der Waals surface area (Å²) in [6.07, 6.45) is 38.7. The van der Waals surface area contributed by atoms with Gasteiger partial charge in [0, 0.05) is 34.5 Å². The van der Waals surface area contributed by atoms with Crippen LogP contribution in [0.4, 0.5) is 5.69 Å². The SMILES string of the molecule is C=C/C=C\C=C(/C)C1C=CC(N(C2=CC=CCC2)c2ccc3c(c2)C2C=C(C4=CCc5ccccc5OC(=C)C=C4)C=C[C@@H]2O3)=CC1. The number of para-hydroxylation sites is 1. The van der Waals surface area contributed by atoms with E-state index in [1.165, 1.54) is 33.8 Å². The van der Waals surface area contributed by atoms with E-state index in [0.29, 0.717) is 11.7 Å². The Hall–Kier alpha value is -5.28. The molecule has 2 aromatic rings. The fourth-order valence-corrected chi connectivity index (χ4v) is 6.83. The fraction of sp³-hybridized carbons (Fsp3) is 0.182. The van der Waals surface area contributed by atoms with Gasteiger partial charge in [-0.25, -0.2) is 0 Å². The number of ether oxygens (including phenoxy) is 2. The summed E-state index contributed by atoms with van der Waals surface area (Å²) in [7, 11) is 0. The van der Waals surface area contributed by atoms with Crippen LogP contribution in [0.1, 0.15) is 43.2 Å². The predicted molar refractivity (Wildman–Crippen MR) is 195 cm³/mol. The van der Waals surface area contributed by atoms with Crippen LogP contribution < -0.4 is 14.4 Å². The second-order valence-electron chi connectivity index (χ2n) is 12.5. The van der Waals surface area contributed by atoms with E-state index in [1.54, 1.807) is 0 Å². The van der Waals surface area contributed by atoms with Crippen LogP contribution in [0.25, 0.3) is 0 Å². The number of fused-ring (bicyclic) bond motifs is 4. The number of nitrogens with zero attached hydrogens (tertiary/aromatic N) is 1. The molecule has 0 aromatic heterocycles. The van der Waals surface area contributed by atoms with Crippen molar-refractivity contribution in [3.63, 3.8) is 0 Å². The van der Waals surface area contributed by atoms with Gasteiger partial charge >= 0.3 is 0 Å². The molecule has 2 heterocycles. The minimum atomic E-state index is -0.0198. The smallest absolute Gasteiger partial charge is 0.130 e. The Kier molecular flexibility index (Phi) is 8.79. The molecule has 2 aliphatic heterocycles. The summed E-state index contributed by atoms with van der Waals surface area (Å²) in [5.74, 6) is 2.96. The second kappa shape index (κ2) is 13.6. The molecule has 7 rings (SSSR count). The molecule has 2 unspecified atom stereocenters. The Morgan fingerprint density at radius 2 is 1.87 bits per heavy atom. The van der Waals surface area contributed by atoms with Gasteiger partial charge in [-0.3, -0.25) is 0 Å². The summed E-state index contributed by atoms with van der Waals surface area (Å²) in [5.41, 5.74) is 9.75. The Labute approximate surface area is 279 Å². The fourth-order valence-electron chi connectivity index (χ4n) is 6.83. The first kappa shape index (κ1) is 30.4. The van der Waals surface area contributed by atoms with Gasteiger partial charge in [0.2, 0.25) is 0 Å². The van der Waals surface area contributed by atoms with Crippen LogP contribution in [0, 0.1) is 5.92 Å². The van der Waals surface area contributed by atoms with Crippen LogP contribution in [0.15, 0.2) is 187 Å². The second-order valence-corrected chi connectivity index (χ2v) is 12.5. The molecule has 0 bridgehead atoms.